The Bertz CT molecular complexity index is 1020. The molecule has 1 amide bonds. The van der Waals surface area contributed by atoms with Crippen molar-refractivity contribution in [2.75, 3.05) is 47.1 Å². The van der Waals surface area contributed by atoms with Crippen LogP contribution in [-0.4, -0.2) is 65.7 Å². The summed E-state index contributed by atoms with van der Waals surface area (Å²) in [5.74, 6) is 1.32. The highest BCUT2D eigenvalue weighted by atomic mass is 32.2. The molecule has 0 bridgehead atoms. The Kier molecular flexibility index (Phi) is 9.11. The zero-order valence-electron chi connectivity index (χ0n) is 19.2. The van der Waals surface area contributed by atoms with E-state index in [2.05, 4.69) is 5.32 Å². The van der Waals surface area contributed by atoms with Gasteiger partial charge in [-0.05, 0) is 60.7 Å². The molecule has 0 spiro atoms. The van der Waals surface area contributed by atoms with E-state index in [1.807, 2.05) is 24.3 Å². The van der Waals surface area contributed by atoms with E-state index in [1.54, 1.807) is 25.3 Å². The first-order valence-corrected chi connectivity index (χ1v) is 12.5. The Morgan fingerprint density at radius 3 is 2.42 bits per heavy atom. The lowest BCUT2D eigenvalue weighted by molar-refractivity contribution is -0.121. The van der Waals surface area contributed by atoms with Crippen LogP contribution in [0.2, 0.25) is 0 Å². The molecule has 0 aromatic heterocycles. The smallest absolute Gasteiger partial charge is 0.243 e. The third kappa shape index (κ3) is 6.93. The van der Waals surface area contributed by atoms with Crippen LogP contribution >= 0.6 is 0 Å². The van der Waals surface area contributed by atoms with Crippen LogP contribution in [0, 0.1) is 0 Å². The lowest BCUT2D eigenvalue weighted by Gasteiger charge is -2.26. The van der Waals surface area contributed by atoms with Crippen molar-refractivity contribution in [1.29, 1.82) is 0 Å². The molecule has 1 aliphatic heterocycles. The van der Waals surface area contributed by atoms with Gasteiger partial charge in [0.15, 0.2) is 0 Å². The maximum atomic E-state index is 12.9. The minimum absolute atomic E-state index is 0.0757. The van der Waals surface area contributed by atoms with Crippen molar-refractivity contribution >= 4 is 15.9 Å². The van der Waals surface area contributed by atoms with Crippen LogP contribution in [0.1, 0.15) is 24.0 Å². The number of hydrogen-bond acceptors (Lipinski definition) is 6. The minimum Gasteiger partial charge on any atom is -0.497 e. The van der Waals surface area contributed by atoms with E-state index in [4.69, 9.17) is 14.2 Å². The van der Waals surface area contributed by atoms with Gasteiger partial charge in [-0.3, -0.25) is 4.79 Å². The fraction of sp³-hybridized carbons (Fsp3) is 0.458. The molecule has 8 nitrogen and oxygen atoms in total. The number of morpholine rings is 1. The number of methoxy groups -OCH3 is 2. The second-order valence-electron chi connectivity index (χ2n) is 7.79. The number of hydrogen-bond donors (Lipinski definition) is 1. The van der Waals surface area contributed by atoms with E-state index in [9.17, 15) is 13.2 Å². The van der Waals surface area contributed by atoms with Crippen LogP contribution in [-0.2, 0) is 32.4 Å². The summed E-state index contributed by atoms with van der Waals surface area (Å²) in [7, 11) is -0.433. The quantitative estimate of drug-likeness (QED) is 0.501. The number of amides is 1. The second kappa shape index (κ2) is 12.0. The van der Waals surface area contributed by atoms with Gasteiger partial charge in [0.2, 0.25) is 15.9 Å². The number of sulfonamides is 1. The Morgan fingerprint density at radius 1 is 1.03 bits per heavy atom. The van der Waals surface area contributed by atoms with Crippen LogP contribution in [0.25, 0.3) is 0 Å². The molecule has 0 atom stereocenters. The molecule has 1 fully saturated rings. The molecular formula is C24H32N2O6S. The Labute approximate surface area is 195 Å². The van der Waals surface area contributed by atoms with E-state index >= 15 is 0 Å². The van der Waals surface area contributed by atoms with Crippen molar-refractivity contribution in [3.05, 3.63) is 53.6 Å². The van der Waals surface area contributed by atoms with Crippen molar-refractivity contribution in [2.24, 2.45) is 0 Å². The van der Waals surface area contributed by atoms with Crippen LogP contribution in [0.3, 0.4) is 0 Å². The van der Waals surface area contributed by atoms with Gasteiger partial charge in [-0.1, -0.05) is 12.1 Å². The number of carbonyl (C=O) groups is 1. The van der Waals surface area contributed by atoms with Crippen LogP contribution in [0.4, 0.5) is 0 Å². The van der Waals surface area contributed by atoms with E-state index in [-0.39, 0.29) is 17.2 Å². The predicted octanol–water partition coefficient (Wildman–Crippen LogP) is 2.41. The van der Waals surface area contributed by atoms with Crippen LogP contribution < -0.4 is 14.8 Å². The molecule has 3 rings (SSSR count). The van der Waals surface area contributed by atoms with Crippen LogP contribution in [0.5, 0.6) is 11.5 Å². The largest absolute Gasteiger partial charge is 0.497 e. The van der Waals surface area contributed by atoms with Crippen molar-refractivity contribution in [2.45, 2.75) is 30.6 Å². The molecule has 180 valence electrons. The summed E-state index contributed by atoms with van der Waals surface area (Å²) in [6.07, 6.45) is 2.33. The van der Waals surface area contributed by atoms with E-state index in [0.717, 1.165) is 18.6 Å². The maximum Gasteiger partial charge on any atom is 0.243 e. The average molecular weight is 477 g/mol. The van der Waals surface area contributed by atoms with Gasteiger partial charge in [0.1, 0.15) is 11.5 Å². The molecule has 1 heterocycles. The standard InChI is InChI=1S/C24H32N2O6S/c1-30-21-8-5-19(6-9-21)4-3-13-25-24(27)12-7-20-18-22(10-11-23(20)31-2)33(28,29)26-14-16-32-17-15-26/h5-6,8-11,18H,3-4,7,12-17H2,1-2H3,(H,25,27). The van der Waals surface area contributed by atoms with E-state index in [1.165, 1.54) is 17.0 Å². The number of benzene rings is 2. The first-order valence-electron chi connectivity index (χ1n) is 11.1. The summed E-state index contributed by atoms with van der Waals surface area (Å²) in [6.45, 7) is 2.03. The molecule has 9 heteroatoms. The number of ether oxygens (including phenoxy) is 3. The lowest BCUT2D eigenvalue weighted by atomic mass is 10.1. The molecule has 1 aliphatic rings. The van der Waals surface area contributed by atoms with Crippen LogP contribution in [0.15, 0.2) is 47.4 Å². The summed E-state index contributed by atoms with van der Waals surface area (Å²) >= 11 is 0. The van der Waals surface area contributed by atoms with Gasteiger partial charge in [-0.15, -0.1) is 0 Å². The molecule has 0 unspecified atom stereocenters. The molecule has 1 N–H and O–H groups in total. The molecular weight excluding hydrogens is 444 g/mol. The Balaban J connectivity index is 1.51. The summed E-state index contributed by atoms with van der Waals surface area (Å²) in [4.78, 5) is 12.5. The van der Waals surface area contributed by atoms with Gasteiger partial charge in [-0.25, -0.2) is 8.42 Å². The number of nitrogens with zero attached hydrogens (tertiary/aromatic N) is 1. The highest BCUT2D eigenvalue weighted by Gasteiger charge is 2.27. The molecule has 0 radical (unpaired) electrons. The number of carbonyl (C=O) groups excluding carboxylic acids is 1. The third-order valence-corrected chi connectivity index (χ3v) is 7.50. The SMILES string of the molecule is COc1ccc(CCCNC(=O)CCc2cc(S(=O)(=O)N3CCOCC3)ccc2OC)cc1. The molecule has 0 saturated carbocycles. The Morgan fingerprint density at radius 2 is 1.76 bits per heavy atom. The number of aryl methyl sites for hydroxylation is 2. The monoisotopic (exact) mass is 476 g/mol. The Hall–Kier alpha value is -2.62. The third-order valence-electron chi connectivity index (χ3n) is 5.60. The molecule has 33 heavy (non-hydrogen) atoms. The fourth-order valence-corrected chi connectivity index (χ4v) is 5.16. The molecule has 2 aromatic carbocycles. The van der Waals surface area contributed by atoms with Gasteiger partial charge >= 0.3 is 0 Å². The van der Waals surface area contributed by atoms with E-state index in [0.29, 0.717) is 50.6 Å². The average Bonchev–Trinajstić information content (AvgIpc) is 2.86. The highest BCUT2D eigenvalue weighted by molar-refractivity contribution is 7.89. The minimum atomic E-state index is -3.61. The summed E-state index contributed by atoms with van der Waals surface area (Å²) in [5.41, 5.74) is 1.88. The zero-order chi connectivity index (χ0) is 23.7. The topological polar surface area (TPSA) is 94.2 Å². The van der Waals surface area contributed by atoms with E-state index < -0.39 is 10.0 Å². The maximum absolute atomic E-state index is 12.9. The van der Waals surface area contributed by atoms with Crippen molar-refractivity contribution in [3.63, 3.8) is 0 Å². The molecule has 0 aliphatic carbocycles. The summed E-state index contributed by atoms with van der Waals surface area (Å²) < 4.78 is 43.1. The normalized spacial score (nSPS) is 14.6. The first kappa shape index (κ1) is 25.0. The summed E-state index contributed by atoms with van der Waals surface area (Å²) in [5, 5.41) is 2.93. The first-order chi connectivity index (χ1) is 15.9. The van der Waals surface area contributed by atoms with Crippen molar-refractivity contribution in [1.82, 2.24) is 9.62 Å². The second-order valence-corrected chi connectivity index (χ2v) is 9.73. The summed E-state index contributed by atoms with van der Waals surface area (Å²) in [6, 6.07) is 12.7. The van der Waals surface area contributed by atoms with Crippen molar-refractivity contribution in [3.8, 4) is 11.5 Å². The van der Waals surface area contributed by atoms with Gasteiger partial charge in [0, 0.05) is 26.1 Å². The highest BCUT2D eigenvalue weighted by Crippen LogP contribution is 2.26. The number of rotatable bonds is 11. The number of nitrogens with one attached hydrogen (secondary N) is 1. The van der Waals surface area contributed by atoms with Crippen molar-refractivity contribution < 1.29 is 27.4 Å². The fourth-order valence-electron chi connectivity index (χ4n) is 3.70. The van der Waals surface area contributed by atoms with Gasteiger partial charge < -0.3 is 19.5 Å². The lowest BCUT2D eigenvalue weighted by Crippen LogP contribution is -2.40. The zero-order valence-corrected chi connectivity index (χ0v) is 20.0. The van der Waals surface area contributed by atoms with Gasteiger partial charge in [-0.2, -0.15) is 4.31 Å². The molecule has 1 saturated heterocycles. The predicted molar refractivity (Wildman–Crippen MR) is 125 cm³/mol. The van der Waals surface area contributed by atoms with Gasteiger partial charge in [0.25, 0.3) is 0 Å². The van der Waals surface area contributed by atoms with Gasteiger partial charge in [0.05, 0.1) is 32.3 Å². The molecule has 2 aromatic rings.